The van der Waals surface area contributed by atoms with Gasteiger partial charge in [-0.15, -0.1) is 0 Å². The van der Waals surface area contributed by atoms with E-state index in [1.807, 2.05) is 0 Å². The molecule has 1 heterocycles. The van der Waals surface area contributed by atoms with E-state index >= 15 is 0 Å². The SMILES string of the molecule is OC[C@@H](F)CNc1cc(Cl)ncc1I. The van der Waals surface area contributed by atoms with E-state index in [9.17, 15) is 4.39 Å². The minimum Gasteiger partial charge on any atom is -0.393 e. The molecule has 1 aromatic heterocycles. The van der Waals surface area contributed by atoms with Gasteiger partial charge in [-0.2, -0.15) is 0 Å². The number of alkyl halides is 1. The second-order valence-corrected chi connectivity index (χ2v) is 4.20. The molecule has 1 rings (SSSR count). The molecule has 1 aromatic rings. The first-order valence-electron chi connectivity index (χ1n) is 3.93. The highest BCUT2D eigenvalue weighted by atomic mass is 127. The summed E-state index contributed by atoms with van der Waals surface area (Å²) in [5.41, 5.74) is 0.724. The van der Waals surface area contributed by atoms with Crippen LogP contribution in [0.4, 0.5) is 10.1 Å². The van der Waals surface area contributed by atoms with Gasteiger partial charge in [-0.1, -0.05) is 11.6 Å². The fraction of sp³-hybridized carbons (Fsp3) is 0.375. The molecular weight excluding hydrogens is 321 g/mol. The van der Waals surface area contributed by atoms with E-state index in [4.69, 9.17) is 16.7 Å². The Morgan fingerprint density at radius 2 is 2.43 bits per heavy atom. The van der Waals surface area contributed by atoms with Gasteiger partial charge in [-0.3, -0.25) is 0 Å². The molecule has 0 unspecified atom stereocenters. The molecule has 0 aliphatic heterocycles. The second kappa shape index (κ2) is 5.67. The summed E-state index contributed by atoms with van der Waals surface area (Å²) in [6, 6.07) is 1.62. The van der Waals surface area contributed by atoms with Crippen LogP contribution in [0.1, 0.15) is 0 Å². The highest BCUT2D eigenvalue weighted by Crippen LogP contribution is 2.20. The number of hydrogen-bond donors (Lipinski definition) is 2. The van der Waals surface area contributed by atoms with Gasteiger partial charge in [0.25, 0.3) is 0 Å². The third-order valence-electron chi connectivity index (χ3n) is 1.53. The Bertz CT molecular complexity index is 313. The maximum atomic E-state index is 12.7. The number of nitrogens with one attached hydrogen (secondary N) is 1. The van der Waals surface area contributed by atoms with E-state index in [2.05, 4.69) is 32.9 Å². The predicted molar refractivity (Wildman–Crippen MR) is 62.4 cm³/mol. The molecule has 0 bridgehead atoms. The molecule has 0 radical (unpaired) electrons. The van der Waals surface area contributed by atoms with E-state index in [1.165, 1.54) is 0 Å². The highest BCUT2D eigenvalue weighted by molar-refractivity contribution is 14.1. The summed E-state index contributed by atoms with van der Waals surface area (Å²) >= 11 is 7.74. The van der Waals surface area contributed by atoms with Crippen molar-refractivity contribution in [1.29, 1.82) is 0 Å². The van der Waals surface area contributed by atoms with E-state index in [0.717, 1.165) is 9.26 Å². The van der Waals surface area contributed by atoms with Gasteiger partial charge in [0.1, 0.15) is 11.3 Å². The summed E-state index contributed by atoms with van der Waals surface area (Å²) in [6.07, 6.45) is 0.329. The molecule has 0 amide bonds. The van der Waals surface area contributed by atoms with Crippen molar-refractivity contribution in [2.75, 3.05) is 18.5 Å². The standard InChI is InChI=1S/C8H9ClFIN2O/c9-8-1-7(6(11)3-13-8)12-2-5(10)4-14/h1,3,5,14H,2,4H2,(H,12,13)/t5-/m0/s1. The Morgan fingerprint density at radius 1 is 1.71 bits per heavy atom. The van der Waals surface area contributed by atoms with Crippen molar-refractivity contribution in [2.24, 2.45) is 0 Å². The molecule has 14 heavy (non-hydrogen) atoms. The van der Waals surface area contributed by atoms with Gasteiger partial charge in [0.05, 0.1) is 15.9 Å². The number of nitrogens with zero attached hydrogens (tertiary/aromatic N) is 1. The van der Waals surface area contributed by atoms with Crippen LogP contribution in [0.25, 0.3) is 0 Å². The molecule has 3 nitrogen and oxygen atoms in total. The third-order valence-corrected chi connectivity index (χ3v) is 2.60. The van der Waals surface area contributed by atoms with Crippen LogP contribution in [0.5, 0.6) is 0 Å². The maximum Gasteiger partial charge on any atom is 0.140 e. The molecule has 0 aromatic carbocycles. The predicted octanol–water partition coefficient (Wildman–Crippen LogP) is 2.08. The quantitative estimate of drug-likeness (QED) is 0.656. The Morgan fingerprint density at radius 3 is 3.07 bits per heavy atom. The zero-order chi connectivity index (χ0) is 10.6. The second-order valence-electron chi connectivity index (χ2n) is 2.65. The first kappa shape index (κ1) is 11.9. The van der Waals surface area contributed by atoms with Crippen molar-refractivity contribution < 1.29 is 9.50 Å². The topological polar surface area (TPSA) is 45.1 Å². The molecule has 1 atom stereocenters. The minimum absolute atomic E-state index is 0.0623. The molecule has 0 saturated heterocycles. The Balaban J connectivity index is 2.62. The number of hydrogen-bond acceptors (Lipinski definition) is 3. The number of pyridine rings is 1. The van der Waals surface area contributed by atoms with Gasteiger partial charge in [0, 0.05) is 12.7 Å². The van der Waals surface area contributed by atoms with Crippen LogP contribution in [-0.2, 0) is 0 Å². The molecule has 2 N–H and O–H groups in total. The Hall–Kier alpha value is -0.140. The average molecular weight is 331 g/mol. The van der Waals surface area contributed by atoms with Gasteiger partial charge in [-0.05, 0) is 28.7 Å². The third kappa shape index (κ3) is 3.55. The lowest BCUT2D eigenvalue weighted by atomic mass is 10.3. The normalized spacial score (nSPS) is 12.6. The van der Waals surface area contributed by atoms with Crippen LogP contribution in [0, 0.1) is 3.57 Å². The van der Waals surface area contributed by atoms with Crippen molar-refractivity contribution in [3.63, 3.8) is 0 Å². The van der Waals surface area contributed by atoms with Gasteiger partial charge in [-0.25, -0.2) is 9.37 Å². The van der Waals surface area contributed by atoms with Crippen molar-refractivity contribution in [1.82, 2.24) is 4.98 Å². The van der Waals surface area contributed by atoms with Crippen LogP contribution >= 0.6 is 34.2 Å². The molecule has 0 spiro atoms. The van der Waals surface area contributed by atoms with E-state index in [0.29, 0.717) is 5.15 Å². The number of aliphatic hydroxyl groups excluding tert-OH is 1. The van der Waals surface area contributed by atoms with E-state index in [-0.39, 0.29) is 6.54 Å². The summed E-state index contributed by atoms with van der Waals surface area (Å²) in [4.78, 5) is 3.86. The number of halogens is 3. The summed E-state index contributed by atoms with van der Waals surface area (Å²) in [5, 5.41) is 11.7. The van der Waals surface area contributed by atoms with Crippen LogP contribution < -0.4 is 5.32 Å². The van der Waals surface area contributed by atoms with Gasteiger partial charge in [0.2, 0.25) is 0 Å². The molecule has 0 aliphatic carbocycles. The van der Waals surface area contributed by atoms with Crippen LogP contribution in [0.2, 0.25) is 5.15 Å². The summed E-state index contributed by atoms with van der Waals surface area (Å²) in [5.74, 6) is 0. The van der Waals surface area contributed by atoms with Gasteiger partial charge >= 0.3 is 0 Å². The smallest absolute Gasteiger partial charge is 0.140 e. The molecule has 0 saturated carbocycles. The average Bonchev–Trinajstić information content (AvgIpc) is 2.19. The lowest BCUT2D eigenvalue weighted by Gasteiger charge is -2.10. The van der Waals surface area contributed by atoms with Gasteiger partial charge < -0.3 is 10.4 Å². The molecule has 0 fully saturated rings. The Labute approximate surface area is 99.8 Å². The summed E-state index contributed by atoms with van der Waals surface area (Å²) in [6.45, 7) is -0.421. The number of aromatic nitrogens is 1. The molecule has 6 heteroatoms. The fourth-order valence-electron chi connectivity index (χ4n) is 0.834. The number of aliphatic hydroxyl groups is 1. The van der Waals surface area contributed by atoms with Crippen LogP contribution in [-0.4, -0.2) is 29.4 Å². The zero-order valence-electron chi connectivity index (χ0n) is 7.17. The number of anilines is 1. The van der Waals surface area contributed by atoms with Crippen molar-refractivity contribution in [2.45, 2.75) is 6.17 Å². The first-order chi connectivity index (χ1) is 6.63. The van der Waals surface area contributed by atoms with Crippen molar-refractivity contribution in [3.8, 4) is 0 Å². The van der Waals surface area contributed by atoms with Crippen molar-refractivity contribution in [3.05, 3.63) is 21.0 Å². The maximum absolute atomic E-state index is 12.7. The monoisotopic (exact) mass is 330 g/mol. The molecule has 78 valence electrons. The first-order valence-corrected chi connectivity index (χ1v) is 5.39. The van der Waals surface area contributed by atoms with E-state index < -0.39 is 12.8 Å². The molecule has 0 aliphatic rings. The van der Waals surface area contributed by atoms with Gasteiger partial charge in [0.15, 0.2) is 0 Å². The fourth-order valence-corrected chi connectivity index (χ4v) is 1.48. The lowest BCUT2D eigenvalue weighted by Crippen LogP contribution is -2.19. The zero-order valence-corrected chi connectivity index (χ0v) is 10.1. The van der Waals surface area contributed by atoms with Crippen LogP contribution in [0.15, 0.2) is 12.3 Å². The number of rotatable bonds is 4. The summed E-state index contributed by atoms with van der Waals surface area (Å²) < 4.78 is 13.5. The Kier molecular flexibility index (Phi) is 4.83. The lowest BCUT2D eigenvalue weighted by molar-refractivity contribution is 0.186. The minimum atomic E-state index is -1.27. The van der Waals surface area contributed by atoms with E-state index in [1.54, 1.807) is 12.3 Å². The summed E-state index contributed by atoms with van der Waals surface area (Å²) in [7, 11) is 0. The largest absolute Gasteiger partial charge is 0.393 e. The van der Waals surface area contributed by atoms with Crippen molar-refractivity contribution >= 4 is 39.9 Å². The molecular formula is C8H9ClFIN2O. The highest BCUT2D eigenvalue weighted by Gasteiger charge is 2.06. The van der Waals surface area contributed by atoms with Crippen LogP contribution in [0.3, 0.4) is 0 Å².